The largest absolute Gasteiger partial charge is 0.325 e. The molecule has 3 aromatic rings. The molecule has 1 aliphatic heterocycles. The summed E-state index contributed by atoms with van der Waals surface area (Å²) in [6.07, 6.45) is 0. The maximum Gasteiger partial charge on any atom is 0.266 e. The fourth-order valence-electron chi connectivity index (χ4n) is 3.35. The Bertz CT molecular complexity index is 1130. The summed E-state index contributed by atoms with van der Waals surface area (Å²) in [5.41, 5.74) is 4.09. The molecule has 0 aromatic heterocycles. The summed E-state index contributed by atoms with van der Waals surface area (Å²) in [6, 6.07) is 21.7. The van der Waals surface area contributed by atoms with Gasteiger partial charge in [0.25, 0.3) is 11.8 Å². The van der Waals surface area contributed by atoms with Gasteiger partial charge in [-0.3, -0.25) is 14.4 Å². The summed E-state index contributed by atoms with van der Waals surface area (Å²) in [6.45, 7) is 2.05. The standard InChI is InChI=1S/C24H20N2O3S/c1-16-7-5-6-8-17(16)14-30-15-22(27)25-18-11-12-20-21(13-18)24(29)26(23(20)28)19-9-3-2-4-10-19/h2-13H,14-15H2,1H3,(H,25,27). The van der Waals surface area contributed by atoms with E-state index < -0.39 is 0 Å². The molecular formula is C24H20N2O3S. The Kier molecular flexibility index (Phi) is 5.68. The third-order valence-electron chi connectivity index (χ3n) is 4.94. The molecule has 6 heteroatoms. The number of rotatable bonds is 6. The Morgan fingerprint density at radius 3 is 2.37 bits per heavy atom. The Morgan fingerprint density at radius 2 is 1.60 bits per heavy atom. The second-order valence-electron chi connectivity index (χ2n) is 7.01. The van der Waals surface area contributed by atoms with E-state index in [1.807, 2.05) is 18.2 Å². The molecule has 3 aromatic carbocycles. The zero-order chi connectivity index (χ0) is 21.1. The van der Waals surface area contributed by atoms with Gasteiger partial charge >= 0.3 is 0 Å². The number of para-hydroxylation sites is 1. The fourth-order valence-corrected chi connectivity index (χ4v) is 4.26. The van der Waals surface area contributed by atoms with Crippen LogP contribution in [0.4, 0.5) is 11.4 Å². The molecule has 0 aliphatic carbocycles. The highest BCUT2D eigenvalue weighted by atomic mass is 32.2. The van der Waals surface area contributed by atoms with E-state index in [0.29, 0.717) is 28.3 Å². The average Bonchev–Trinajstić information content (AvgIpc) is 3.00. The van der Waals surface area contributed by atoms with Crippen LogP contribution in [0.15, 0.2) is 72.8 Å². The number of anilines is 2. The predicted molar refractivity (Wildman–Crippen MR) is 120 cm³/mol. The summed E-state index contributed by atoms with van der Waals surface area (Å²) in [5.74, 6) is 0.168. The normalized spacial score (nSPS) is 12.8. The molecule has 0 unspecified atom stereocenters. The first-order valence-electron chi connectivity index (χ1n) is 9.54. The lowest BCUT2D eigenvalue weighted by molar-refractivity contribution is -0.113. The SMILES string of the molecule is Cc1ccccc1CSCC(=O)Nc1ccc2c(c1)C(=O)N(c1ccccc1)C2=O. The van der Waals surface area contributed by atoms with Crippen molar-refractivity contribution in [3.63, 3.8) is 0 Å². The number of fused-ring (bicyclic) bond motifs is 1. The molecule has 30 heavy (non-hydrogen) atoms. The van der Waals surface area contributed by atoms with E-state index >= 15 is 0 Å². The van der Waals surface area contributed by atoms with Crippen LogP contribution < -0.4 is 10.2 Å². The van der Waals surface area contributed by atoms with Crippen molar-refractivity contribution >= 4 is 40.9 Å². The van der Waals surface area contributed by atoms with Gasteiger partial charge in [0, 0.05) is 11.4 Å². The molecule has 1 heterocycles. The zero-order valence-electron chi connectivity index (χ0n) is 16.4. The minimum Gasteiger partial charge on any atom is -0.325 e. The number of benzene rings is 3. The van der Waals surface area contributed by atoms with Crippen molar-refractivity contribution in [2.45, 2.75) is 12.7 Å². The van der Waals surface area contributed by atoms with Crippen LogP contribution in [-0.2, 0) is 10.5 Å². The first-order chi connectivity index (χ1) is 14.5. The van der Waals surface area contributed by atoms with E-state index in [-0.39, 0.29) is 17.7 Å². The highest BCUT2D eigenvalue weighted by Crippen LogP contribution is 2.30. The Morgan fingerprint density at radius 1 is 0.900 bits per heavy atom. The maximum absolute atomic E-state index is 12.8. The van der Waals surface area contributed by atoms with E-state index in [2.05, 4.69) is 24.4 Å². The number of amides is 3. The second kappa shape index (κ2) is 8.55. The summed E-state index contributed by atoms with van der Waals surface area (Å²) in [7, 11) is 0. The minimum absolute atomic E-state index is 0.148. The van der Waals surface area contributed by atoms with Crippen LogP contribution in [0.5, 0.6) is 0 Å². The lowest BCUT2D eigenvalue weighted by Gasteiger charge is -2.13. The number of carbonyl (C=O) groups is 3. The number of aryl methyl sites for hydroxylation is 1. The number of nitrogens with one attached hydrogen (secondary N) is 1. The van der Waals surface area contributed by atoms with E-state index in [4.69, 9.17) is 0 Å². The van der Waals surface area contributed by atoms with Gasteiger partial charge in [-0.25, -0.2) is 4.90 Å². The van der Waals surface area contributed by atoms with E-state index in [9.17, 15) is 14.4 Å². The molecule has 0 saturated carbocycles. The molecule has 0 atom stereocenters. The summed E-state index contributed by atoms with van der Waals surface area (Å²) >= 11 is 1.53. The smallest absolute Gasteiger partial charge is 0.266 e. The van der Waals surface area contributed by atoms with Gasteiger partial charge in [-0.15, -0.1) is 11.8 Å². The van der Waals surface area contributed by atoms with Crippen LogP contribution in [0.2, 0.25) is 0 Å². The molecule has 0 fully saturated rings. The third kappa shape index (κ3) is 4.00. The lowest BCUT2D eigenvalue weighted by atomic mass is 10.1. The van der Waals surface area contributed by atoms with E-state index in [0.717, 1.165) is 10.7 Å². The molecule has 1 N–H and O–H groups in total. The average molecular weight is 417 g/mol. The summed E-state index contributed by atoms with van der Waals surface area (Å²) in [4.78, 5) is 38.9. The number of hydrogen-bond donors (Lipinski definition) is 1. The fraction of sp³-hybridized carbons (Fsp3) is 0.125. The van der Waals surface area contributed by atoms with Crippen LogP contribution in [0, 0.1) is 6.92 Å². The van der Waals surface area contributed by atoms with Crippen molar-refractivity contribution in [2.75, 3.05) is 16.0 Å². The predicted octanol–water partition coefficient (Wildman–Crippen LogP) is 4.67. The van der Waals surface area contributed by atoms with Gasteiger partial charge < -0.3 is 5.32 Å². The van der Waals surface area contributed by atoms with Gasteiger partial charge in [0.1, 0.15) is 0 Å². The number of nitrogens with zero attached hydrogens (tertiary/aromatic N) is 1. The lowest BCUT2D eigenvalue weighted by Crippen LogP contribution is -2.29. The van der Waals surface area contributed by atoms with Gasteiger partial charge in [0.15, 0.2) is 0 Å². The molecule has 0 saturated heterocycles. The van der Waals surface area contributed by atoms with Gasteiger partial charge in [0.2, 0.25) is 5.91 Å². The monoisotopic (exact) mass is 416 g/mol. The molecule has 0 radical (unpaired) electrons. The van der Waals surface area contributed by atoms with Crippen LogP contribution in [-0.4, -0.2) is 23.5 Å². The Hall–Kier alpha value is -3.38. The van der Waals surface area contributed by atoms with Gasteiger partial charge in [-0.2, -0.15) is 0 Å². The van der Waals surface area contributed by atoms with Crippen molar-refractivity contribution in [1.82, 2.24) is 0 Å². The van der Waals surface area contributed by atoms with Crippen molar-refractivity contribution in [1.29, 1.82) is 0 Å². The quantitative estimate of drug-likeness (QED) is 0.593. The van der Waals surface area contributed by atoms with Crippen LogP contribution in [0.25, 0.3) is 0 Å². The first-order valence-corrected chi connectivity index (χ1v) is 10.7. The third-order valence-corrected chi connectivity index (χ3v) is 5.92. The first kappa shape index (κ1) is 19.9. The number of hydrogen-bond acceptors (Lipinski definition) is 4. The molecule has 3 amide bonds. The Balaban J connectivity index is 1.41. The summed E-state index contributed by atoms with van der Waals surface area (Å²) < 4.78 is 0. The van der Waals surface area contributed by atoms with Crippen LogP contribution >= 0.6 is 11.8 Å². The van der Waals surface area contributed by atoms with E-state index in [1.165, 1.54) is 22.9 Å². The maximum atomic E-state index is 12.8. The van der Waals surface area contributed by atoms with Crippen LogP contribution in [0.3, 0.4) is 0 Å². The molecule has 0 spiro atoms. The van der Waals surface area contributed by atoms with Crippen molar-refractivity contribution in [2.24, 2.45) is 0 Å². The topological polar surface area (TPSA) is 66.5 Å². The van der Waals surface area contributed by atoms with Crippen molar-refractivity contribution < 1.29 is 14.4 Å². The molecule has 5 nitrogen and oxygen atoms in total. The minimum atomic E-state index is -0.383. The van der Waals surface area contributed by atoms with Crippen LogP contribution in [0.1, 0.15) is 31.8 Å². The van der Waals surface area contributed by atoms with E-state index in [1.54, 1.807) is 42.5 Å². The second-order valence-corrected chi connectivity index (χ2v) is 7.99. The number of imide groups is 1. The molecule has 4 rings (SSSR count). The molecule has 150 valence electrons. The molecule has 0 bridgehead atoms. The van der Waals surface area contributed by atoms with Crippen molar-refractivity contribution in [3.8, 4) is 0 Å². The molecule has 1 aliphatic rings. The highest BCUT2D eigenvalue weighted by Gasteiger charge is 2.36. The number of carbonyl (C=O) groups excluding carboxylic acids is 3. The molecular weight excluding hydrogens is 396 g/mol. The zero-order valence-corrected chi connectivity index (χ0v) is 17.2. The van der Waals surface area contributed by atoms with Gasteiger partial charge in [-0.05, 0) is 48.4 Å². The summed E-state index contributed by atoms with van der Waals surface area (Å²) in [5, 5.41) is 2.82. The highest BCUT2D eigenvalue weighted by molar-refractivity contribution is 7.99. The number of thioether (sulfide) groups is 1. The Labute approximate surface area is 179 Å². The van der Waals surface area contributed by atoms with Crippen molar-refractivity contribution in [3.05, 3.63) is 95.1 Å². The van der Waals surface area contributed by atoms with Gasteiger partial charge in [-0.1, -0.05) is 42.5 Å². The van der Waals surface area contributed by atoms with Gasteiger partial charge in [0.05, 0.1) is 22.6 Å².